The smallest absolute Gasteiger partial charge is 0.258 e. The first kappa shape index (κ1) is 18.1. The second kappa shape index (κ2) is 7.30. The number of benzene rings is 3. The van der Waals surface area contributed by atoms with E-state index in [-0.39, 0.29) is 11.3 Å². The number of rotatable bonds is 2. The van der Waals surface area contributed by atoms with Gasteiger partial charge in [-0.1, -0.05) is 30.0 Å². The van der Waals surface area contributed by atoms with Gasteiger partial charge in [0.25, 0.3) is 5.69 Å². The first-order valence-electron chi connectivity index (χ1n) is 7.58. The molecule has 0 radical (unpaired) electrons. The highest BCUT2D eigenvalue weighted by Crippen LogP contribution is 2.32. The van der Waals surface area contributed by atoms with Gasteiger partial charge in [-0.2, -0.15) is 0 Å². The van der Waals surface area contributed by atoms with Gasteiger partial charge in [-0.25, -0.2) is 17.6 Å². The fourth-order valence-electron chi connectivity index (χ4n) is 2.40. The summed E-state index contributed by atoms with van der Waals surface area (Å²) in [6, 6.07) is 12.1. The molecule has 0 aromatic heterocycles. The van der Waals surface area contributed by atoms with Crippen LogP contribution in [0.25, 0.3) is 11.1 Å². The van der Waals surface area contributed by atoms with Gasteiger partial charge in [-0.15, -0.1) is 0 Å². The van der Waals surface area contributed by atoms with E-state index in [1.807, 2.05) is 0 Å². The summed E-state index contributed by atoms with van der Waals surface area (Å²) in [7, 11) is 0. The SMILES string of the molecule is O=[N+]([O-])c1ccc(-c2c(F)c(F)c(C#Cc3ccccc3)c(F)c2F)cc1. The average molecular weight is 371 g/mol. The van der Waals surface area contributed by atoms with Gasteiger partial charge in [0.15, 0.2) is 23.3 Å². The van der Waals surface area contributed by atoms with Crippen molar-refractivity contribution in [2.45, 2.75) is 0 Å². The topological polar surface area (TPSA) is 43.1 Å². The van der Waals surface area contributed by atoms with Crippen LogP contribution in [0.5, 0.6) is 0 Å². The maximum atomic E-state index is 14.4. The largest absolute Gasteiger partial charge is 0.269 e. The van der Waals surface area contributed by atoms with E-state index in [1.165, 1.54) is 0 Å². The van der Waals surface area contributed by atoms with Crippen molar-refractivity contribution in [3.8, 4) is 23.0 Å². The summed E-state index contributed by atoms with van der Waals surface area (Å²) in [4.78, 5) is 9.94. The summed E-state index contributed by atoms with van der Waals surface area (Å²) in [5.74, 6) is -1.97. The van der Waals surface area contributed by atoms with Crippen LogP contribution in [-0.4, -0.2) is 4.92 Å². The molecule has 0 aliphatic heterocycles. The Balaban J connectivity index is 2.12. The summed E-state index contributed by atoms with van der Waals surface area (Å²) in [6.45, 7) is 0. The first-order valence-corrected chi connectivity index (χ1v) is 7.58. The zero-order chi connectivity index (χ0) is 19.6. The highest BCUT2D eigenvalue weighted by atomic mass is 19.2. The van der Waals surface area contributed by atoms with E-state index in [0.717, 1.165) is 24.3 Å². The Morgan fingerprint density at radius 2 is 1.30 bits per heavy atom. The molecular formula is C20H9F4NO2. The lowest BCUT2D eigenvalue weighted by atomic mass is 10.0. The van der Waals surface area contributed by atoms with E-state index in [0.29, 0.717) is 5.56 Å². The maximum absolute atomic E-state index is 14.4. The Hall–Kier alpha value is -3.66. The molecule has 0 spiro atoms. The Labute approximate surface area is 151 Å². The summed E-state index contributed by atoms with van der Waals surface area (Å²) in [6.07, 6.45) is 0. The van der Waals surface area contributed by atoms with Crippen LogP contribution >= 0.6 is 0 Å². The molecule has 3 rings (SSSR count). The Kier molecular flexibility index (Phi) is 4.90. The number of nitro groups is 1. The standard InChI is InChI=1S/C20H9F4NO2/c21-17-15(11-6-12-4-2-1-3-5-12)18(22)20(24)16(19(17)23)13-7-9-14(10-8-13)25(26)27/h1-5,7-10H. The number of nitro benzene ring substituents is 1. The number of hydrogen-bond donors (Lipinski definition) is 0. The molecule has 0 heterocycles. The average Bonchev–Trinajstić information content (AvgIpc) is 2.68. The van der Waals surface area contributed by atoms with Crippen LogP contribution in [0.4, 0.5) is 23.2 Å². The number of halogens is 4. The quantitative estimate of drug-likeness (QED) is 0.204. The maximum Gasteiger partial charge on any atom is 0.269 e. The lowest BCUT2D eigenvalue weighted by molar-refractivity contribution is -0.384. The number of nitrogens with zero attached hydrogens (tertiary/aromatic N) is 1. The van der Waals surface area contributed by atoms with Gasteiger partial charge >= 0.3 is 0 Å². The third-order valence-electron chi connectivity index (χ3n) is 3.74. The Morgan fingerprint density at radius 3 is 1.81 bits per heavy atom. The second-order valence-electron chi connectivity index (χ2n) is 5.43. The molecule has 0 bridgehead atoms. The van der Waals surface area contributed by atoms with Crippen molar-refractivity contribution < 1.29 is 22.5 Å². The van der Waals surface area contributed by atoms with Crippen molar-refractivity contribution in [3.05, 3.63) is 99.1 Å². The van der Waals surface area contributed by atoms with Gasteiger partial charge in [-0.05, 0) is 29.8 Å². The van der Waals surface area contributed by atoms with Gasteiger partial charge in [0.1, 0.15) is 5.56 Å². The van der Waals surface area contributed by atoms with Gasteiger partial charge in [-0.3, -0.25) is 10.1 Å². The Morgan fingerprint density at radius 1 is 0.741 bits per heavy atom. The van der Waals surface area contributed by atoms with Crippen molar-refractivity contribution in [3.63, 3.8) is 0 Å². The fraction of sp³-hybridized carbons (Fsp3) is 0. The summed E-state index contributed by atoms with van der Waals surface area (Å²) in [5, 5.41) is 10.6. The summed E-state index contributed by atoms with van der Waals surface area (Å²) >= 11 is 0. The van der Waals surface area contributed by atoms with Gasteiger partial charge < -0.3 is 0 Å². The van der Waals surface area contributed by atoms with Crippen LogP contribution in [-0.2, 0) is 0 Å². The molecular weight excluding hydrogens is 362 g/mol. The van der Waals surface area contributed by atoms with Crippen LogP contribution < -0.4 is 0 Å². The van der Waals surface area contributed by atoms with Crippen LogP contribution in [0.2, 0.25) is 0 Å². The van der Waals surface area contributed by atoms with Gasteiger partial charge in [0, 0.05) is 17.7 Å². The fourth-order valence-corrected chi connectivity index (χ4v) is 2.40. The third-order valence-corrected chi connectivity index (χ3v) is 3.74. The van der Waals surface area contributed by atoms with Gasteiger partial charge in [0.2, 0.25) is 0 Å². The molecule has 3 aromatic carbocycles. The van der Waals surface area contributed by atoms with E-state index >= 15 is 0 Å². The van der Waals surface area contributed by atoms with Crippen molar-refractivity contribution in [2.24, 2.45) is 0 Å². The molecule has 0 saturated heterocycles. The first-order chi connectivity index (χ1) is 12.9. The van der Waals surface area contributed by atoms with Crippen LogP contribution in [0.3, 0.4) is 0 Å². The van der Waals surface area contributed by atoms with E-state index in [2.05, 4.69) is 11.8 Å². The zero-order valence-electron chi connectivity index (χ0n) is 13.5. The molecule has 0 amide bonds. The number of hydrogen-bond acceptors (Lipinski definition) is 2. The summed E-state index contributed by atoms with van der Waals surface area (Å²) in [5.41, 5.74) is -2.14. The van der Waals surface area contributed by atoms with E-state index in [9.17, 15) is 27.7 Å². The van der Waals surface area contributed by atoms with Crippen molar-refractivity contribution in [1.29, 1.82) is 0 Å². The van der Waals surface area contributed by atoms with Crippen LogP contribution in [0, 0.1) is 45.2 Å². The van der Waals surface area contributed by atoms with Crippen molar-refractivity contribution in [1.82, 2.24) is 0 Å². The predicted octanol–water partition coefficient (Wildman–Crippen LogP) is 5.22. The van der Waals surface area contributed by atoms with Gasteiger partial charge in [0.05, 0.1) is 10.5 Å². The lowest BCUT2D eigenvalue weighted by Gasteiger charge is -2.09. The minimum absolute atomic E-state index is 0.240. The summed E-state index contributed by atoms with van der Waals surface area (Å²) < 4.78 is 57.4. The van der Waals surface area contributed by atoms with E-state index in [1.54, 1.807) is 30.3 Å². The molecule has 27 heavy (non-hydrogen) atoms. The highest BCUT2D eigenvalue weighted by Gasteiger charge is 2.25. The molecule has 0 unspecified atom stereocenters. The molecule has 0 saturated carbocycles. The zero-order valence-corrected chi connectivity index (χ0v) is 13.5. The molecule has 3 aromatic rings. The monoisotopic (exact) mass is 371 g/mol. The molecule has 0 atom stereocenters. The molecule has 0 aliphatic rings. The molecule has 3 nitrogen and oxygen atoms in total. The second-order valence-corrected chi connectivity index (χ2v) is 5.43. The minimum Gasteiger partial charge on any atom is -0.258 e. The lowest BCUT2D eigenvalue weighted by Crippen LogP contribution is -2.04. The Bertz CT molecular complexity index is 1060. The van der Waals surface area contributed by atoms with Crippen LogP contribution in [0.15, 0.2) is 54.6 Å². The molecule has 134 valence electrons. The predicted molar refractivity (Wildman–Crippen MR) is 90.8 cm³/mol. The number of non-ortho nitro benzene ring substituents is 1. The van der Waals surface area contributed by atoms with E-state index in [4.69, 9.17) is 0 Å². The third kappa shape index (κ3) is 3.51. The molecule has 0 aliphatic carbocycles. The molecule has 7 heteroatoms. The van der Waals surface area contributed by atoms with E-state index < -0.39 is 39.3 Å². The van der Waals surface area contributed by atoms with Crippen LogP contribution in [0.1, 0.15) is 11.1 Å². The van der Waals surface area contributed by atoms with Crippen molar-refractivity contribution in [2.75, 3.05) is 0 Å². The molecule has 0 N–H and O–H groups in total. The normalized spacial score (nSPS) is 10.2. The van der Waals surface area contributed by atoms with Crippen molar-refractivity contribution >= 4 is 5.69 Å². The molecule has 0 fully saturated rings. The minimum atomic E-state index is -1.63. The highest BCUT2D eigenvalue weighted by molar-refractivity contribution is 5.68.